The highest BCUT2D eigenvalue weighted by Gasteiger charge is 2.27. The summed E-state index contributed by atoms with van der Waals surface area (Å²) in [5.41, 5.74) is 0. The molecule has 8 heteroatoms. The molecule has 1 fully saturated rings. The highest BCUT2D eigenvalue weighted by Crippen LogP contribution is 2.25. The summed E-state index contributed by atoms with van der Waals surface area (Å²) in [6.07, 6.45) is 1.49. The van der Waals surface area contributed by atoms with Crippen molar-refractivity contribution in [2.24, 2.45) is 5.92 Å². The van der Waals surface area contributed by atoms with Crippen molar-refractivity contribution in [1.82, 2.24) is 4.72 Å². The molecular weight excluding hydrogens is 295 g/mol. The van der Waals surface area contributed by atoms with Crippen molar-refractivity contribution in [3.05, 3.63) is 29.6 Å². The van der Waals surface area contributed by atoms with E-state index in [4.69, 9.17) is 0 Å². The van der Waals surface area contributed by atoms with Gasteiger partial charge in [0.15, 0.2) is 17.5 Å². The summed E-state index contributed by atoms with van der Waals surface area (Å²) in [6.45, 7) is -0.0237. The summed E-state index contributed by atoms with van der Waals surface area (Å²) >= 11 is 0. The number of sulfonamides is 1. The minimum absolute atomic E-state index is 0.0237. The molecule has 112 valence electrons. The van der Waals surface area contributed by atoms with Crippen molar-refractivity contribution in [2.75, 3.05) is 6.54 Å². The van der Waals surface area contributed by atoms with Gasteiger partial charge in [-0.1, -0.05) is 6.42 Å². The number of hydrogen-bond donors (Lipinski definition) is 2. The highest BCUT2D eigenvalue weighted by molar-refractivity contribution is 7.89. The minimum atomic E-state index is -4.14. The van der Waals surface area contributed by atoms with E-state index in [0.717, 1.165) is 6.42 Å². The van der Waals surface area contributed by atoms with E-state index in [1.807, 2.05) is 0 Å². The van der Waals surface area contributed by atoms with Crippen molar-refractivity contribution in [2.45, 2.75) is 30.3 Å². The molecular formula is C12H14F3NO3S. The molecule has 1 aliphatic carbocycles. The molecule has 1 aromatic carbocycles. The van der Waals surface area contributed by atoms with Gasteiger partial charge in [-0.05, 0) is 30.9 Å². The number of halogens is 3. The van der Waals surface area contributed by atoms with Gasteiger partial charge in [0.1, 0.15) is 0 Å². The molecule has 0 saturated heterocycles. The SMILES string of the molecule is O=S(=O)(NC[C@@H]1CCC[C@@H]1O)c1cc(F)c(F)c(F)c1. The Hall–Kier alpha value is -1.12. The average Bonchev–Trinajstić information content (AvgIpc) is 2.78. The third-order valence-corrected chi connectivity index (χ3v) is 4.83. The van der Waals surface area contributed by atoms with E-state index in [1.165, 1.54) is 0 Å². The molecule has 20 heavy (non-hydrogen) atoms. The molecule has 0 spiro atoms. The first-order valence-electron chi connectivity index (χ1n) is 6.13. The Morgan fingerprint density at radius 3 is 2.30 bits per heavy atom. The molecule has 0 aliphatic heterocycles. The van der Waals surface area contributed by atoms with Crippen LogP contribution in [-0.4, -0.2) is 26.2 Å². The van der Waals surface area contributed by atoms with E-state index in [2.05, 4.69) is 4.72 Å². The predicted octanol–water partition coefficient (Wildman–Crippen LogP) is 1.54. The first-order chi connectivity index (χ1) is 9.31. The molecule has 1 aliphatic rings. The molecule has 1 aromatic rings. The van der Waals surface area contributed by atoms with Crippen LogP contribution in [0.15, 0.2) is 17.0 Å². The average molecular weight is 309 g/mol. The van der Waals surface area contributed by atoms with Crippen LogP contribution in [0.4, 0.5) is 13.2 Å². The van der Waals surface area contributed by atoms with Crippen molar-refractivity contribution in [3.63, 3.8) is 0 Å². The molecule has 0 bridgehead atoms. The van der Waals surface area contributed by atoms with Gasteiger partial charge in [-0.3, -0.25) is 0 Å². The van der Waals surface area contributed by atoms with E-state index in [0.29, 0.717) is 25.0 Å². The van der Waals surface area contributed by atoms with Gasteiger partial charge in [-0.2, -0.15) is 0 Å². The van der Waals surface area contributed by atoms with Gasteiger partial charge in [-0.15, -0.1) is 0 Å². The second-order valence-electron chi connectivity index (χ2n) is 4.81. The number of rotatable bonds is 4. The van der Waals surface area contributed by atoms with Crippen LogP contribution in [0.1, 0.15) is 19.3 Å². The Kier molecular flexibility index (Phi) is 4.36. The standard InChI is InChI=1S/C12H14F3NO3S/c13-9-4-8(5-10(14)12(9)15)20(18,19)16-6-7-2-1-3-11(7)17/h4-5,7,11,16-17H,1-3,6H2/t7-,11-/m0/s1. The monoisotopic (exact) mass is 309 g/mol. The Morgan fingerprint density at radius 2 is 1.80 bits per heavy atom. The van der Waals surface area contributed by atoms with Gasteiger partial charge >= 0.3 is 0 Å². The van der Waals surface area contributed by atoms with E-state index in [9.17, 15) is 26.7 Å². The molecule has 0 amide bonds. The Labute approximate surface area is 114 Å². The van der Waals surface area contributed by atoms with Crippen LogP contribution in [-0.2, 0) is 10.0 Å². The maximum Gasteiger partial charge on any atom is 0.240 e. The van der Waals surface area contributed by atoms with Crippen LogP contribution in [0, 0.1) is 23.4 Å². The largest absolute Gasteiger partial charge is 0.393 e. The van der Waals surface area contributed by atoms with Crippen molar-refractivity contribution in [1.29, 1.82) is 0 Å². The summed E-state index contributed by atoms with van der Waals surface area (Å²) in [6, 6.07) is 0.845. The summed E-state index contributed by atoms with van der Waals surface area (Å²) in [7, 11) is -4.14. The summed E-state index contributed by atoms with van der Waals surface area (Å²) < 4.78 is 64.7. The lowest BCUT2D eigenvalue weighted by atomic mass is 10.1. The van der Waals surface area contributed by atoms with Crippen LogP contribution in [0.2, 0.25) is 0 Å². The maximum absolute atomic E-state index is 13.0. The lowest BCUT2D eigenvalue weighted by Gasteiger charge is -2.15. The van der Waals surface area contributed by atoms with E-state index in [1.54, 1.807) is 0 Å². The van der Waals surface area contributed by atoms with Crippen LogP contribution >= 0.6 is 0 Å². The molecule has 0 radical (unpaired) electrons. The summed E-state index contributed by atoms with van der Waals surface area (Å²) in [5, 5.41) is 9.58. The predicted molar refractivity (Wildman–Crippen MR) is 64.9 cm³/mol. The molecule has 0 heterocycles. The topological polar surface area (TPSA) is 66.4 Å². The van der Waals surface area contributed by atoms with Gasteiger partial charge < -0.3 is 5.11 Å². The first kappa shape index (κ1) is 15.3. The molecule has 2 atom stereocenters. The zero-order valence-corrected chi connectivity index (χ0v) is 11.3. The number of aliphatic hydroxyl groups is 1. The fourth-order valence-corrected chi connectivity index (χ4v) is 3.36. The second-order valence-corrected chi connectivity index (χ2v) is 6.58. The van der Waals surface area contributed by atoms with E-state index in [-0.39, 0.29) is 12.5 Å². The second kappa shape index (κ2) is 5.71. The quantitative estimate of drug-likeness (QED) is 0.829. The smallest absolute Gasteiger partial charge is 0.240 e. The fourth-order valence-electron chi connectivity index (χ4n) is 2.24. The normalized spacial score (nSPS) is 23.2. The molecule has 2 rings (SSSR count). The zero-order chi connectivity index (χ0) is 14.9. The summed E-state index contributed by atoms with van der Waals surface area (Å²) in [4.78, 5) is -0.679. The third kappa shape index (κ3) is 3.13. The molecule has 0 aromatic heterocycles. The van der Waals surface area contributed by atoms with Crippen LogP contribution < -0.4 is 4.72 Å². The molecule has 4 nitrogen and oxygen atoms in total. The van der Waals surface area contributed by atoms with Gasteiger partial charge in [0.05, 0.1) is 11.0 Å². The fraction of sp³-hybridized carbons (Fsp3) is 0.500. The van der Waals surface area contributed by atoms with Gasteiger partial charge in [0.25, 0.3) is 0 Å². The van der Waals surface area contributed by atoms with Crippen molar-refractivity contribution < 1.29 is 26.7 Å². The third-order valence-electron chi connectivity index (χ3n) is 3.42. The zero-order valence-electron chi connectivity index (χ0n) is 10.4. The molecule has 2 N–H and O–H groups in total. The van der Waals surface area contributed by atoms with E-state index >= 15 is 0 Å². The lowest BCUT2D eigenvalue weighted by molar-refractivity contribution is 0.134. The van der Waals surface area contributed by atoms with E-state index < -0.39 is 38.5 Å². The van der Waals surface area contributed by atoms with Gasteiger partial charge in [0, 0.05) is 6.54 Å². The molecule has 0 unspecified atom stereocenters. The number of aliphatic hydroxyl groups excluding tert-OH is 1. The minimum Gasteiger partial charge on any atom is -0.393 e. The van der Waals surface area contributed by atoms with Crippen LogP contribution in [0.5, 0.6) is 0 Å². The number of nitrogens with one attached hydrogen (secondary N) is 1. The lowest BCUT2D eigenvalue weighted by Crippen LogP contribution is -2.32. The Morgan fingerprint density at radius 1 is 1.20 bits per heavy atom. The van der Waals surface area contributed by atoms with Crippen LogP contribution in [0.3, 0.4) is 0 Å². The van der Waals surface area contributed by atoms with Crippen molar-refractivity contribution in [3.8, 4) is 0 Å². The number of benzene rings is 1. The van der Waals surface area contributed by atoms with Crippen LogP contribution in [0.25, 0.3) is 0 Å². The van der Waals surface area contributed by atoms with Gasteiger partial charge in [0.2, 0.25) is 10.0 Å². The Bertz CT molecular complexity index is 583. The Balaban J connectivity index is 2.14. The highest BCUT2D eigenvalue weighted by atomic mass is 32.2. The summed E-state index contributed by atoms with van der Waals surface area (Å²) in [5.74, 6) is -5.06. The van der Waals surface area contributed by atoms with Crippen molar-refractivity contribution >= 4 is 10.0 Å². The van der Waals surface area contributed by atoms with Gasteiger partial charge in [-0.25, -0.2) is 26.3 Å². The molecule has 1 saturated carbocycles. The first-order valence-corrected chi connectivity index (χ1v) is 7.62. The maximum atomic E-state index is 13.0. The number of hydrogen-bond acceptors (Lipinski definition) is 3.